The zero-order valence-corrected chi connectivity index (χ0v) is 9.64. The number of nitrogens with zero attached hydrogens (tertiary/aromatic N) is 1. The maximum atomic E-state index is 11.7. The highest BCUT2D eigenvalue weighted by molar-refractivity contribution is 9.10. The van der Waals surface area contributed by atoms with Crippen molar-refractivity contribution in [3.05, 3.63) is 33.8 Å². The van der Waals surface area contributed by atoms with E-state index in [-0.39, 0.29) is 0 Å². The highest BCUT2D eigenvalue weighted by atomic mass is 79.9. The van der Waals surface area contributed by atoms with E-state index in [0.29, 0.717) is 11.1 Å². The number of benzene rings is 1. The quantitative estimate of drug-likeness (QED) is 0.849. The summed E-state index contributed by atoms with van der Waals surface area (Å²) < 4.78 is 0.732. The summed E-state index contributed by atoms with van der Waals surface area (Å²) in [6.07, 6.45) is -1.18. The van der Waals surface area contributed by atoms with Crippen molar-refractivity contribution in [2.24, 2.45) is 0 Å². The van der Waals surface area contributed by atoms with Gasteiger partial charge in [0.1, 0.15) is 6.54 Å². The molecule has 0 saturated heterocycles. The molecule has 0 aliphatic carbocycles. The fraction of sp³-hybridized carbons (Fsp3) is 0.200. The van der Waals surface area contributed by atoms with Crippen LogP contribution in [0.15, 0.2) is 22.7 Å². The fourth-order valence-corrected chi connectivity index (χ4v) is 2.06. The van der Waals surface area contributed by atoms with Crippen molar-refractivity contribution < 1.29 is 19.8 Å². The summed E-state index contributed by atoms with van der Waals surface area (Å²) >= 11 is 3.23. The van der Waals surface area contributed by atoms with Crippen molar-refractivity contribution in [1.82, 2.24) is 4.90 Å². The van der Waals surface area contributed by atoms with Gasteiger partial charge in [-0.05, 0) is 18.2 Å². The van der Waals surface area contributed by atoms with Crippen LogP contribution in [0.2, 0.25) is 0 Å². The van der Waals surface area contributed by atoms with Gasteiger partial charge in [-0.15, -0.1) is 0 Å². The monoisotopic (exact) mass is 285 g/mol. The summed E-state index contributed by atoms with van der Waals surface area (Å²) in [5.74, 6) is -1.61. The van der Waals surface area contributed by atoms with Crippen LogP contribution in [0.5, 0.6) is 0 Å². The van der Waals surface area contributed by atoms with Crippen LogP contribution in [0.25, 0.3) is 0 Å². The molecule has 0 bridgehead atoms. The maximum Gasteiger partial charge on any atom is 0.323 e. The number of carbonyl (C=O) groups is 2. The van der Waals surface area contributed by atoms with Gasteiger partial charge < -0.3 is 10.2 Å². The van der Waals surface area contributed by atoms with Gasteiger partial charge in [-0.25, -0.2) is 0 Å². The molecule has 5 nitrogen and oxygen atoms in total. The Morgan fingerprint density at radius 1 is 1.50 bits per heavy atom. The van der Waals surface area contributed by atoms with Crippen LogP contribution in [0.3, 0.4) is 0 Å². The number of rotatable bonds is 2. The number of hydrogen-bond donors (Lipinski definition) is 2. The van der Waals surface area contributed by atoms with Gasteiger partial charge in [-0.3, -0.25) is 14.5 Å². The smallest absolute Gasteiger partial charge is 0.323 e. The number of carbonyl (C=O) groups excluding carboxylic acids is 1. The van der Waals surface area contributed by atoms with Gasteiger partial charge in [0.2, 0.25) is 0 Å². The Kier molecular flexibility index (Phi) is 2.69. The van der Waals surface area contributed by atoms with Crippen LogP contribution in [0.1, 0.15) is 22.1 Å². The highest BCUT2D eigenvalue weighted by Gasteiger charge is 2.36. The summed E-state index contributed by atoms with van der Waals surface area (Å²) in [5.41, 5.74) is 0.776. The van der Waals surface area contributed by atoms with Crippen molar-refractivity contribution >= 4 is 27.8 Å². The second-order valence-electron chi connectivity index (χ2n) is 3.43. The molecule has 1 aromatic rings. The zero-order chi connectivity index (χ0) is 11.9. The van der Waals surface area contributed by atoms with Crippen LogP contribution in [-0.4, -0.2) is 33.5 Å². The minimum absolute atomic E-state index is 0.344. The molecule has 1 heterocycles. The van der Waals surface area contributed by atoms with Crippen LogP contribution < -0.4 is 0 Å². The first-order valence-corrected chi connectivity index (χ1v) is 5.30. The molecule has 0 radical (unpaired) electrons. The normalized spacial score (nSPS) is 18.8. The molecule has 1 aromatic carbocycles. The lowest BCUT2D eigenvalue weighted by Gasteiger charge is -2.17. The summed E-state index contributed by atoms with van der Waals surface area (Å²) in [6, 6.07) is 4.85. The lowest BCUT2D eigenvalue weighted by molar-refractivity contribution is -0.139. The van der Waals surface area contributed by atoms with Crippen molar-refractivity contribution in [2.45, 2.75) is 6.23 Å². The number of fused-ring (bicyclic) bond motifs is 1. The molecule has 0 fully saturated rings. The van der Waals surface area contributed by atoms with Gasteiger partial charge in [-0.1, -0.05) is 15.9 Å². The third-order valence-electron chi connectivity index (χ3n) is 2.38. The molecule has 1 aliphatic rings. The van der Waals surface area contributed by atoms with Crippen LogP contribution in [0, 0.1) is 0 Å². The van der Waals surface area contributed by atoms with Gasteiger partial charge in [0.05, 0.1) is 0 Å². The largest absolute Gasteiger partial charge is 0.480 e. The van der Waals surface area contributed by atoms with E-state index < -0.39 is 24.6 Å². The molecule has 6 heteroatoms. The Morgan fingerprint density at radius 2 is 2.19 bits per heavy atom. The van der Waals surface area contributed by atoms with E-state index in [1.807, 2.05) is 0 Å². The Balaban J connectivity index is 2.40. The Morgan fingerprint density at radius 3 is 2.81 bits per heavy atom. The predicted octanol–water partition coefficient (Wildman–Crippen LogP) is 0.980. The Bertz CT molecular complexity index is 474. The van der Waals surface area contributed by atoms with Crippen molar-refractivity contribution in [1.29, 1.82) is 0 Å². The van der Waals surface area contributed by atoms with Gasteiger partial charge in [-0.2, -0.15) is 0 Å². The molecule has 2 rings (SSSR count). The number of carboxylic acids is 1. The van der Waals surface area contributed by atoms with E-state index in [4.69, 9.17) is 5.11 Å². The SMILES string of the molecule is O=C(O)CN1C(=O)c2ccc(Br)cc2C1O. The fourth-order valence-electron chi connectivity index (χ4n) is 1.68. The Hall–Kier alpha value is -1.40. The molecule has 0 aromatic heterocycles. The summed E-state index contributed by atoms with van der Waals surface area (Å²) in [6.45, 7) is -0.508. The van der Waals surface area contributed by atoms with Gasteiger partial charge in [0.15, 0.2) is 6.23 Å². The predicted molar refractivity (Wildman–Crippen MR) is 57.8 cm³/mol. The first kappa shape index (κ1) is 11.1. The summed E-state index contributed by atoms with van der Waals surface area (Å²) in [4.78, 5) is 23.2. The zero-order valence-electron chi connectivity index (χ0n) is 8.05. The second kappa shape index (κ2) is 3.88. The molecular weight excluding hydrogens is 278 g/mol. The first-order chi connectivity index (χ1) is 7.50. The van der Waals surface area contributed by atoms with E-state index in [2.05, 4.69) is 15.9 Å². The third kappa shape index (κ3) is 1.70. The molecule has 84 valence electrons. The minimum atomic E-state index is -1.18. The molecule has 1 aliphatic heterocycles. The minimum Gasteiger partial charge on any atom is -0.480 e. The lowest BCUT2D eigenvalue weighted by atomic mass is 10.1. The van der Waals surface area contributed by atoms with E-state index in [0.717, 1.165) is 9.37 Å². The number of halogens is 1. The molecule has 0 spiro atoms. The van der Waals surface area contributed by atoms with E-state index >= 15 is 0 Å². The number of hydrogen-bond acceptors (Lipinski definition) is 3. The molecule has 0 saturated carbocycles. The maximum absolute atomic E-state index is 11.7. The second-order valence-corrected chi connectivity index (χ2v) is 4.35. The van der Waals surface area contributed by atoms with Crippen molar-refractivity contribution in [2.75, 3.05) is 6.54 Å². The lowest BCUT2D eigenvalue weighted by Crippen LogP contribution is -2.33. The number of carboxylic acid groups (broad SMARTS) is 1. The molecule has 1 amide bonds. The average molecular weight is 286 g/mol. The Labute approximate surface area is 99.4 Å². The molecule has 2 N–H and O–H groups in total. The standard InChI is InChI=1S/C10H8BrNO4/c11-5-1-2-6-7(3-5)10(16)12(9(6)15)4-8(13)14/h1-3,10,16H,4H2,(H,13,14). The topological polar surface area (TPSA) is 77.8 Å². The summed E-state index contributed by atoms with van der Waals surface area (Å²) in [7, 11) is 0. The van der Waals surface area contributed by atoms with Crippen molar-refractivity contribution in [3.63, 3.8) is 0 Å². The average Bonchev–Trinajstić information content (AvgIpc) is 2.43. The van der Waals surface area contributed by atoms with Gasteiger partial charge in [0.25, 0.3) is 5.91 Å². The number of amides is 1. The van der Waals surface area contributed by atoms with Gasteiger partial charge >= 0.3 is 5.97 Å². The third-order valence-corrected chi connectivity index (χ3v) is 2.88. The van der Waals surface area contributed by atoms with Gasteiger partial charge in [0, 0.05) is 15.6 Å². The molecule has 1 atom stereocenters. The summed E-state index contributed by atoms with van der Waals surface area (Å²) in [5, 5.41) is 18.4. The number of aliphatic hydroxyl groups excluding tert-OH is 1. The number of aliphatic hydroxyl groups is 1. The number of aliphatic carboxylic acids is 1. The molecular formula is C10H8BrNO4. The molecule has 1 unspecified atom stereocenters. The first-order valence-electron chi connectivity index (χ1n) is 4.51. The van der Waals surface area contributed by atoms with Crippen LogP contribution in [-0.2, 0) is 4.79 Å². The molecule has 16 heavy (non-hydrogen) atoms. The van der Waals surface area contributed by atoms with E-state index in [1.54, 1.807) is 18.2 Å². The van der Waals surface area contributed by atoms with E-state index in [1.165, 1.54) is 0 Å². The van der Waals surface area contributed by atoms with E-state index in [9.17, 15) is 14.7 Å². The van der Waals surface area contributed by atoms with Crippen LogP contribution >= 0.6 is 15.9 Å². The van der Waals surface area contributed by atoms with Crippen molar-refractivity contribution in [3.8, 4) is 0 Å². The van der Waals surface area contributed by atoms with Crippen LogP contribution in [0.4, 0.5) is 0 Å². The highest BCUT2D eigenvalue weighted by Crippen LogP contribution is 2.33.